The van der Waals surface area contributed by atoms with Crippen LogP contribution in [-0.4, -0.2) is 43.0 Å². The molecule has 38 heavy (non-hydrogen) atoms. The number of thioether (sulfide) groups is 1. The van der Waals surface area contributed by atoms with Crippen LogP contribution in [0.3, 0.4) is 0 Å². The number of nitro benzene ring substituents is 1. The number of imide groups is 1. The van der Waals surface area contributed by atoms with Gasteiger partial charge in [-0.2, -0.15) is 8.42 Å². The molecule has 0 atom stereocenters. The third-order valence-electron chi connectivity index (χ3n) is 5.69. The van der Waals surface area contributed by atoms with Gasteiger partial charge in [-0.15, -0.1) is 0 Å². The molecular weight excluding hydrogens is 532 g/mol. The molecule has 0 saturated carbocycles. The molecule has 196 valence electrons. The third-order valence-corrected chi connectivity index (χ3v) is 7.83. The van der Waals surface area contributed by atoms with Crippen molar-refractivity contribution in [1.29, 1.82) is 0 Å². The predicted molar refractivity (Wildman–Crippen MR) is 141 cm³/mol. The average Bonchev–Trinajstić information content (AvgIpc) is 3.15. The molecule has 0 unspecified atom stereocenters. The Bertz CT molecular complexity index is 1550. The summed E-state index contributed by atoms with van der Waals surface area (Å²) in [6, 6.07) is 17.3. The van der Waals surface area contributed by atoms with Gasteiger partial charge >= 0.3 is 10.1 Å². The van der Waals surface area contributed by atoms with E-state index in [1.807, 2.05) is 30.3 Å². The molecule has 10 nitrogen and oxygen atoms in total. The van der Waals surface area contributed by atoms with Crippen LogP contribution < -0.4 is 8.92 Å². The zero-order valence-electron chi connectivity index (χ0n) is 20.3. The van der Waals surface area contributed by atoms with E-state index in [1.165, 1.54) is 55.3 Å². The molecule has 0 N–H and O–H groups in total. The maximum atomic E-state index is 12.8. The van der Waals surface area contributed by atoms with Gasteiger partial charge < -0.3 is 8.92 Å². The van der Waals surface area contributed by atoms with Crippen molar-refractivity contribution >= 4 is 44.8 Å². The van der Waals surface area contributed by atoms with Gasteiger partial charge in [-0.1, -0.05) is 42.5 Å². The summed E-state index contributed by atoms with van der Waals surface area (Å²) in [7, 11) is -3.10. The summed E-state index contributed by atoms with van der Waals surface area (Å²) in [5.41, 5.74) is 1.44. The summed E-state index contributed by atoms with van der Waals surface area (Å²) in [6.45, 7) is 1.74. The van der Waals surface area contributed by atoms with E-state index in [0.29, 0.717) is 17.5 Å². The minimum absolute atomic E-state index is 0.0484. The molecule has 0 aromatic heterocycles. The highest BCUT2D eigenvalue weighted by molar-refractivity contribution is 8.18. The van der Waals surface area contributed by atoms with Crippen LogP contribution in [0.15, 0.2) is 76.5 Å². The van der Waals surface area contributed by atoms with E-state index in [1.54, 1.807) is 0 Å². The number of rotatable bonds is 9. The molecule has 3 aromatic rings. The second-order valence-electron chi connectivity index (χ2n) is 8.22. The molecule has 4 rings (SSSR count). The molecule has 0 spiro atoms. The first-order valence-corrected chi connectivity index (χ1v) is 13.5. The molecule has 12 heteroatoms. The highest BCUT2D eigenvalue weighted by atomic mass is 32.2. The molecule has 1 heterocycles. The number of hydrogen-bond donors (Lipinski definition) is 0. The molecule has 0 bridgehead atoms. The number of aryl methyl sites for hydroxylation is 1. The molecule has 3 aromatic carbocycles. The van der Waals surface area contributed by atoms with E-state index in [2.05, 4.69) is 0 Å². The summed E-state index contributed by atoms with van der Waals surface area (Å²) in [4.78, 5) is 36.8. The zero-order chi connectivity index (χ0) is 27.4. The minimum atomic E-state index is -4.42. The van der Waals surface area contributed by atoms with Gasteiger partial charge in [0.2, 0.25) is 0 Å². The Morgan fingerprint density at radius 1 is 1.03 bits per heavy atom. The lowest BCUT2D eigenvalue weighted by Gasteiger charge is -2.12. The van der Waals surface area contributed by atoms with E-state index in [0.717, 1.165) is 23.4 Å². The second kappa shape index (κ2) is 11.1. The summed E-state index contributed by atoms with van der Waals surface area (Å²) < 4.78 is 36.1. The van der Waals surface area contributed by atoms with Crippen molar-refractivity contribution < 1.29 is 31.9 Å². The van der Waals surface area contributed by atoms with Gasteiger partial charge in [0, 0.05) is 18.2 Å². The van der Waals surface area contributed by atoms with Crippen LogP contribution in [-0.2, 0) is 21.3 Å². The average molecular weight is 555 g/mol. The molecule has 0 radical (unpaired) electrons. The van der Waals surface area contributed by atoms with Crippen LogP contribution in [0.1, 0.15) is 16.7 Å². The molecular formula is C26H22N2O8S2. The first kappa shape index (κ1) is 26.9. The Labute approximate surface area is 223 Å². The Morgan fingerprint density at radius 3 is 2.45 bits per heavy atom. The van der Waals surface area contributed by atoms with Gasteiger partial charge in [-0.05, 0) is 60.5 Å². The first-order chi connectivity index (χ1) is 18.1. The summed E-state index contributed by atoms with van der Waals surface area (Å²) in [5, 5.41) is 10.8. The lowest BCUT2D eigenvalue weighted by Crippen LogP contribution is -2.30. The van der Waals surface area contributed by atoms with Crippen molar-refractivity contribution in [2.24, 2.45) is 0 Å². The second-order valence-corrected chi connectivity index (χ2v) is 10.8. The lowest BCUT2D eigenvalue weighted by atomic mass is 10.1. The standard InChI is InChI=1S/C26H22N2O8S2/c1-17-8-10-20(16-21(17)28(31)32)38(33,34)36-22-11-9-19(14-23(22)35-2)15-24-25(29)27(26(30)37-24)13-12-18-6-4-3-5-7-18/h3-11,14-16H,12-13H2,1-2H3/b24-15-. The number of nitrogens with zero attached hydrogens (tertiary/aromatic N) is 2. The van der Waals surface area contributed by atoms with Gasteiger partial charge in [0.15, 0.2) is 11.5 Å². The van der Waals surface area contributed by atoms with Gasteiger partial charge in [-0.3, -0.25) is 24.6 Å². The summed E-state index contributed by atoms with van der Waals surface area (Å²) in [6.07, 6.45) is 2.04. The molecule has 1 fully saturated rings. The van der Waals surface area contributed by atoms with Gasteiger partial charge in [0.05, 0.1) is 16.9 Å². The number of methoxy groups -OCH3 is 1. The van der Waals surface area contributed by atoms with E-state index in [-0.39, 0.29) is 38.8 Å². The fourth-order valence-corrected chi connectivity index (χ4v) is 5.51. The fourth-order valence-electron chi connectivity index (χ4n) is 3.68. The number of carbonyl (C=O) groups excluding carboxylic acids is 2. The van der Waals surface area contributed by atoms with E-state index >= 15 is 0 Å². The number of nitro groups is 1. The quantitative estimate of drug-likeness (QED) is 0.156. The van der Waals surface area contributed by atoms with Crippen molar-refractivity contribution in [2.45, 2.75) is 18.2 Å². The number of amides is 2. The SMILES string of the molecule is COc1cc(/C=C2\SC(=O)N(CCc3ccccc3)C2=O)ccc1OS(=O)(=O)c1ccc(C)c([N+](=O)[O-])c1. The van der Waals surface area contributed by atoms with Crippen molar-refractivity contribution in [3.63, 3.8) is 0 Å². The summed E-state index contributed by atoms with van der Waals surface area (Å²) in [5.74, 6) is -0.519. The molecule has 1 aliphatic rings. The predicted octanol–water partition coefficient (Wildman–Crippen LogP) is 4.96. The molecule has 1 saturated heterocycles. The highest BCUT2D eigenvalue weighted by Gasteiger charge is 2.34. The van der Waals surface area contributed by atoms with Crippen molar-refractivity contribution in [3.05, 3.63) is 98.4 Å². The van der Waals surface area contributed by atoms with Crippen LogP contribution in [0.5, 0.6) is 11.5 Å². The van der Waals surface area contributed by atoms with Crippen LogP contribution in [0.4, 0.5) is 10.5 Å². The van der Waals surface area contributed by atoms with Crippen molar-refractivity contribution in [3.8, 4) is 11.5 Å². The van der Waals surface area contributed by atoms with E-state index in [9.17, 15) is 28.1 Å². The number of carbonyl (C=O) groups is 2. The maximum absolute atomic E-state index is 12.8. The van der Waals surface area contributed by atoms with Crippen LogP contribution in [0.2, 0.25) is 0 Å². The monoisotopic (exact) mass is 554 g/mol. The highest BCUT2D eigenvalue weighted by Crippen LogP contribution is 2.36. The lowest BCUT2D eigenvalue weighted by molar-refractivity contribution is -0.385. The van der Waals surface area contributed by atoms with E-state index < -0.39 is 20.9 Å². The minimum Gasteiger partial charge on any atom is -0.493 e. The smallest absolute Gasteiger partial charge is 0.339 e. The Balaban J connectivity index is 1.53. The fraction of sp³-hybridized carbons (Fsp3) is 0.154. The Kier molecular flexibility index (Phi) is 7.83. The Morgan fingerprint density at radius 2 is 1.76 bits per heavy atom. The van der Waals surface area contributed by atoms with E-state index in [4.69, 9.17) is 8.92 Å². The van der Waals surface area contributed by atoms with Crippen LogP contribution >= 0.6 is 11.8 Å². The van der Waals surface area contributed by atoms with Gasteiger partial charge in [0.25, 0.3) is 16.8 Å². The van der Waals surface area contributed by atoms with Gasteiger partial charge in [-0.25, -0.2) is 0 Å². The van der Waals surface area contributed by atoms with Crippen LogP contribution in [0, 0.1) is 17.0 Å². The Hall–Kier alpha value is -4.16. The zero-order valence-corrected chi connectivity index (χ0v) is 22.0. The topological polar surface area (TPSA) is 133 Å². The molecule has 1 aliphatic heterocycles. The third kappa shape index (κ3) is 5.87. The molecule has 0 aliphatic carbocycles. The normalized spacial score (nSPS) is 14.7. The number of ether oxygens (including phenoxy) is 1. The van der Waals surface area contributed by atoms with Gasteiger partial charge in [0.1, 0.15) is 4.90 Å². The number of benzene rings is 3. The largest absolute Gasteiger partial charge is 0.493 e. The number of hydrogen-bond acceptors (Lipinski definition) is 9. The van der Waals surface area contributed by atoms with Crippen LogP contribution in [0.25, 0.3) is 6.08 Å². The van der Waals surface area contributed by atoms with Crippen molar-refractivity contribution in [2.75, 3.05) is 13.7 Å². The first-order valence-electron chi connectivity index (χ1n) is 11.3. The van der Waals surface area contributed by atoms with Crippen molar-refractivity contribution in [1.82, 2.24) is 4.90 Å². The molecule has 2 amide bonds. The maximum Gasteiger partial charge on any atom is 0.339 e. The summed E-state index contributed by atoms with van der Waals surface area (Å²) >= 11 is 0.817.